The normalized spacial score (nSPS) is 23.7. The van der Waals surface area contributed by atoms with Crippen LogP contribution in [0.5, 0.6) is 0 Å². The molecule has 1 unspecified atom stereocenters. The average Bonchev–Trinajstić information content (AvgIpc) is 3.07. The third-order valence-corrected chi connectivity index (χ3v) is 3.93. The van der Waals surface area contributed by atoms with Crippen molar-refractivity contribution in [3.8, 4) is 0 Å². The summed E-state index contributed by atoms with van der Waals surface area (Å²) < 4.78 is 0. The molecule has 0 saturated heterocycles. The van der Waals surface area contributed by atoms with E-state index >= 15 is 0 Å². The first kappa shape index (κ1) is 12.2. The van der Waals surface area contributed by atoms with Crippen LogP contribution >= 0.6 is 0 Å². The SMILES string of the molecule is CC(C)CN(CC1Cc2nc[nH]c2CN1)C1CC1. The van der Waals surface area contributed by atoms with Gasteiger partial charge in [0.25, 0.3) is 0 Å². The Morgan fingerprint density at radius 2 is 2.28 bits per heavy atom. The Hall–Kier alpha value is -0.870. The minimum Gasteiger partial charge on any atom is -0.347 e. The maximum atomic E-state index is 4.42. The topological polar surface area (TPSA) is 44.0 Å². The van der Waals surface area contributed by atoms with E-state index in [0.717, 1.165) is 24.9 Å². The first-order valence-electron chi connectivity index (χ1n) is 7.21. The molecule has 1 atom stereocenters. The van der Waals surface area contributed by atoms with Crippen molar-refractivity contribution >= 4 is 0 Å². The van der Waals surface area contributed by atoms with Crippen LogP contribution in [0.25, 0.3) is 0 Å². The lowest BCUT2D eigenvalue weighted by Crippen LogP contribution is -2.46. The fourth-order valence-corrected chi connectivity index (χ4v) is 2.92. The summed E-state index contributed by atoms with van der Waals surface area (Å²) in [7, 11) is 0. The predicted molar refractivity (Wildman–Crippen MR) is 72.4 cm³/mol. The van der Waals surface area contributed by atoms with Crippen molar-refractivity contribution in [3.63, 3.8) is 0 Å². The molecule has 1 fully saturated rings. The van der Waals surface area contributed by atoms with E-state index in [0.29, 0.717) is 6.04 Å². The summed E-state index contributed by atoms with van der Waals surface area (Å²) in [5, 5.41) is 3.63. The predicted octanol–water partition coefficient (Wildman–Crippen LogP) is 1.54. The molecule has 18 heavy (non-hydrogen) atoms. The number of nitrogens with zero attached hydrogens (tertiary/aromatic N) is 2. The van der Waals surface area contributed by atoms with Crippen LogP contribution in [-0.2, 0) is 13.0 Å². The first-order chi connectivity index (χ1) is 8.72. The third kappa shape index (κ3) is 2.75. The highest BCUT2D eigenvalue weighted by atomic mass is 15.2. The second kappa shape index (κ2) is 5.02. The summed E-state index contributed by atoms with van der Waals surface area (Å²) in [6.45, 7) is 7.98. The maximum absolute atomic E-state index is 4.42. The fourth-order valence-electron chi connectivity index (χ4n) is 2.92. The van der Waals surface area contributed by atoms with Gasteiger partial charge in [-0.05, 0) is 18.8 Å². The Morgan fingerprint density at radius 1 is 1.44 bits per heavy atom. The van der Waals surface area contributed by atoms with Gasteiger partial charge >= 0.3 is 0 Å². The molecular formula is C14H24N4. The highest BCUT2D eigenvalue weighted by Gasteiger charge is 2.31. The van der Waals surface area contributed by atoms with Crippen molar-refractivity contribution < 1.29 is 0 Å². The van der Waals surface area contributed by atoms with E-state index < -0.39 is 0 Å². The number of rotatable bonds is 5. The van der Waals surface area contributed by atoms with E-state index in [1.807, 2.05) is 6.33 Å². The smallest absolute Gasteiger partial charge is 0.0925 e. The molecule has 100 valence electrons. The van der Waals surface area contributed by atoms with Gasteiger partial charge in [0.1, 0.15) is 0 Å². The molecule has 1 aliphatic carbocycles. The third-order valence-electron chi connectivity index (χ3n) is 3.93. The molecule has 0 spiro atoms. The number of aromatic amines is 1. The Kier molecular flexibility index (Phi) is 3.39. The van der Waals surface area contributed by atoms with Gasteiger partial charge in [0, 0.05) is 38.1 Å². The average molecular weight is 248 g/mol. The molecule has 0 amide bonds. The number of imidazole rings is 1. The zero-order valence-corrected chi connectivity index (χ0v) is 11.4. The van der Waals surface area contributed by atoms with E-state index in [4.69, 9.17) is 0 Å². The van der Waals surface area contributed by atoms with Crippen LogP contribution in [0.1, 0.15) is 38.1 Å². The van der Waals surface area contributed by atoms with E-state index in [2.05, 4.69) is 34.0 Å². The molecule has 0 aromatic carbocycles. The highest BCUT2D eigenvalue weighted by Crippen LogP contribution is 2.28. The minimum absolute atomic E-state index is 0.570. The Labute approximate surface area is 109 Å². The number of nitrogens with one attached hydrogen (secondary N) is 2. The summed E-state index contributed by atoms with van der Waals surface area (Å²) in [5.74, 6) is 0.759. The van der Waals surface area contributed by atoms with Gasteiger partial charge in [0.05, 0.1) is 17.7 Å². The molecule has 4 heteroatoms. The molecule has 2 heterocycles. The molecule has 2 aliphatic rings. The molecule has 1 aromatic heterocycles. The van der Waals surface area contributed by atoms with E-state index in [1.165, 1.54) is 37.3 Å². The molecule has 1 saturated carbocycles. The quantitative estimate of drug-likeness (QED) is 0.831. The van der Waals surface area contributed by atoms with E-state index in [-0.39, 0.29) is 0 Å². The van der Waals surface area contributed by atoms with Gasteiger partial charge in [-0.3, -0.25) is 4.90 Å². The van der Waals surface area contributed by atoms with Gasteiger partial charge < -0.3 is 10.3 Å². The van der Waals surface area contributed by atoms with Crippen LogP contribution < -0.4 is 5.32 Å². The van der Waals surface area contributed by atoms with Crippen LogP contribution in [-0.4, -0.2) is 40.0 Å². The monoisotopic (exact) mass is 248 g/mol. The van der Waals surface area contributed by atoms with Crippen LogP contribution in [0.2, 0.25) is 0 Å². The summed E-state index contributed by atoms with van der Waals surface area (Å²) in [4.78, 5) is 10.3. The number of aromatic nitrogens is 2. The summed E-state index contributed by atoms with van der Waals surface area (Å²) in [6, 6.07) is 1.43. The van der Waals surface area contributed by atoms with E-state index in [1.54, 1.807) is 0 Å². The van der Waals surface area contributed by atoms with Gasteiger partial charge in [-0.25, -0.2) is 4.98 Å². The molecule has 2 N–H and O–H groups in total. The number of H-pyrrole nitrogens is 1. The molecule has 0 radical (unpaired) electrons. The highest BCUT2D eigenvalue weighted by molar-refractivity contribution is 5.16. The van der Waals surface area contributed by atoms with Gasteiger partial charge in [0.2, 0.25) is 0 Å². The first-order valence-corrected chi connectivity index (χ1v) is 7.21. The van der Waals surface area contributed by atoms with Gasteiger partial charge in [0.15, 0.2) is 0 Å². The Balaban J connectivity index is 1.58. The van der Waals surface area contributed by atoms with Crippen molar-refractivity contribution in [1.82, 2.24) is 20.2 Å². The van der Waals surface area contributed by atoms with Crippen molar-refractivity contribution in [1.29, 1.82) is 0 Å². The van der Waals surface area contributed by atoms with Crippen molar-refractivity contribution in [2.24, 2.45) is 5.92 Å². The number of fused-ring (bicyclic) bond motifs is 1. The zero-order chi connectivity index (χ0) is 12.5. The van der Waals surface area contributed by atoms with Gasteiger partial charge in [-0.1, -0.05) is 13.8 Å². The summed E-state index contributed by atoms with van der Waals surface area (Å²) >= 11 is 0. The fraction of sp³-hybridized carbons (Fsp3) is 0.786. The minimum atomic E-state index is 0.570. The second-order valence-corrected chi connectivity index (χ2v) is 6.19. The number of hydrogen-bond acceptors (Lipinski definition) is 3. The molecule has 1 aliphatic heterocycles. The van der Waals surface area contributed by atoms with Gasteiger partial charge in [-0.15, -0.1) is 0 Å². The molecular weight excluding hydrogens is 224 g/mol. The summed E-state index contributed by atoms with van der Waals surface area (Å²) in [6.07, 6.45) is 5.68. The molecule has 0 bridgehead atoms. The second-order valence-electron chi connectivity index (χ2n) is 6.19. The van der Waals surface area contributed by atoms with Crippen LogP contribution in [0.3, 0.4) is 0 Å². The van der Waals surface area contributed by atoms with Crippen LogP contribution in [0, 0.1) is 5.92 Å². The van der Waals surface area contributed by atoms with Crippen LogP contribution in [0.15, 0.2) is 6.33 Å². The number of hydrogen-bond donors (Lipinski definition) is 2. The molecule has 3 rings (SSSR count). The van der Waals surface area contributed by atoms with Crippen molar-refractivity contribution in [2.75, 3.05) is 13.1 Å². The lowest BCUT2D eigenvalue weighted by Gasteiger charge is -2.31. The maximum Gasteiger partial charge on any atom is 0.0925 e. The Bertz CT molecular complexity index is 394. The largest absolute Gasteiger partial charge is 0.347 e. The van der Waals surface area contributed by atoms with Crippen molar-refractivity contribution in [2.45, 2.75) is 51.7 Å². The molecule has 4 nitrogen and oxygen atoms in total. The van der Waals surface area contributed by atoms with Crippen molar-refractivity contribution in [3.05, 3.63) is 17.7 Å². The van der Waals surface area contributed by atoms with Crippen LogP contribution in [0.4, 0.5) is 0 Å². The zero-order valence-electron chi connectivity index (χ0n) is 11.4. The summed E-state index contributed by atoms with van der Waals surface area (Å²) in [5.41, 5.74) is 2.53. The lowest BCUT2D eigenvalue weighted by molar-refractivity contribution is 0.204. The van der Waals surface area contributed by atoms with E-state index in [9.17, 15) is 0 Å². The molecule has 1 aromatic rings. The van der Waals surface area contributed by atoms with Gasteiger partial charge in [-0.2, -0.15) is 0 Å². The standard InChI is InChI=1S/C14H24N4/c1-10(2)7-18(12-3-4-12)8-11-5-13-14(6-15-11)17-9-16-13/h9-12,15H,3-8H2,1-2H3,(H,16,17). The Morgan fingerprint density at radius 3 is 3.00 bits per heavy atom. The lowest BCUT2D eigenvalue weighted by atomic mass is 10.0.